The van der Waals surface area contributed by atoms with Crippen molar-refractivity contribution in [3.8, 4) is 22.6 Å². The number of carbonyl (C=O) groups excluding carboxylic acids is 1. The Balaban J connectivity index is 1.85. The van der Waals surface area contributed by atoms with Gasteiger partial charge >= 0.3 is 0 Å². The van der Waals surface area contributed by atoms with E-state index in [2.05, 4.69) is 20.9 Å². The second kappa shape index (κ2) is 5.60. The lowest BCUT2D eigenvalue weighted by molar-refractivity contribution is -0.117. The summed E-state index contributed by atoms with van der Waals surface area (Å²) in [5, 5.41) is 4.69. The van der Waals surface area contributed by atoms with Crippen LogP contribution in [0.1, 0.15) is 19.8 Å². The molecule has 7 heteroatoms. The lowest BCUT2D eigenvalue weighted by atomic mass is 10.0. The number of anilines is 1. The second-order valence-corrected chi connectivity index (χ2v) is 7.89. The molecule has 1 atom stereocenters. The number of amides is 1. The summed E-state index contributed by atoms with van der Waals surface area (Å²) in [6.07, 6.45) is 1.04. The van der Waals surface area contributed by atoms with Gasteiger partial charge in [0.05, 0.1) is 5.69 Å². The summed E-state index contributed by atoms with van der Waals surface area (Å²) in [5.74, 6) is 0.540. The van der Waals surface area contributed by atoms with Crippen molar-refractivity contribution in [2.75, 3.05) is 4.90 Å². The molecule has 1 amide bonds. The minimum atomic E-state index is -0.683. The van der Waals surface area contributed by atoms with E-state index in [0.717, 1.165) is 15.7 Å². The molecule has 2 aliphatic heterocycles. The molecule has 0 saturated carbocycles. The molecule has 6 nitrogen and oxygen atoms in total. The van der Waals surface area contributed by atoms with Gasteiger partial charge < -0.3 is 0 Å². The Bertz CT molecular complexity index is 1160. The van der Waals surface area contributed by atoms with Gasteiger partial charge in [-0.25, -0.2) is 4.68 Å². The van der Waals surface area contributed by atoms with Gasteiger partial charge in [-0.05, 0) is 25.1 Å². The van der Waals surface area contributed by atoms with E-state index in [1.54, 1.807) is 9.58 Å². The van der Waals surface area contributed by atoms with Gasteiger partial charge in [-0.15, -0.1) is 0 Å². The Labute approximate surface area is 163 Å². The highest BCUT2D eigenvalue weighted by Crippen LogP contribution is 2.48. The third-order valence-corrected chi connectivity index (χ3v) is 5.79. The van der Waals surface area contributed by atoms with Crippen molar-refractivity contribution in [1.29, 1.82) is 0 Å². The van der Waals surface area contributed by atoms with Crippen LogP contribution in [0, 0.1) is 0 Å². The van der Waals surface area contributed by atoms with Crippen LogP contribution in [0.3, 0.4) is 0 Å². The van der Waals surface area contributed by atoms with E-state index in [0.29, 0.717) is 29.9 Å². The van der Waals surface area contributed by atoms with Gasteiger partial charge in [-0.2, -0.15) is 10.1 Å². The molecule has 0 bridgehead atoms. The van der Waals surface area contributed by atoms with E-state index < -0.39 is 5.66 Å². The Kier molecular flexibility index (Phi) is 3.40. The molecule has 1 fully saturated rings. The maximum absolute atomic E-state index is 12.8. The van der Waals surface area contributed by atoms with E-state index in [-0.39, 0.29) is 11.5 Å². The summed E-state index contributed by atoms with van der Waals surface area (Å²) in [6, 6.07) is 14.9. The lowest BCUT2D eigenvalue weighted by Gasteiger charge is -2.42. The third-order valence-electron chi connectivity index (χ3n) is 5.30. The van der Waals surface area contributed by atoms with Crippen LogP contribution >= 0.6 is 15.9 Å². The molecule has 3 aromatic rings. The number of benzene rings is 2. The summed E-state index contributed by atoms with van der Waals surface area (Å²) in [5.41, 5.74) is 1.44. The van der Waals surface area contributed by atoms with E-state index in [9.17, 15) is 9.59 Å². The molecule has 2 aromatic carbocycles. The predicted molar refractivity (Wildman–Crippen MR) is 105 cm³/mol. The van der Waals surface area contributed by atoms with Gasteiger partial charge in [0.25, 0.3) is 5.56 Å². The van der Waals surface area contributed by atoms with Gasteiger partial charge in [0.15, 0.2) is 11.5 Å². The van der Waals surface area contributed by atoms with Gasteiger partial charge in [-0.1, -0.05) is 46.3 Å². The topological polar surface area (TPSA) is 68.1 Å². The predicted octanol–water partition coefficient (Wildman–Crippen LogP) is 3.55. The molecule has 134 valence electrons. The standard InChI is InChI=1S/C20H15BrN4O2/c1-20-10-9-16(26)24(20)15-8-7-13(21)11-14(15)18-22-19(27)17(23-25(18)20)12-5-3-2-4-6-12/h2-8,11H,9-10H2,1H3/t20-/m0/s1. The molecule has 27 heavy (non-hydrogen) atoms. The number of hydrogen-bond donors (Lipinski definition) is 0. The number of carbonyl (C=O) groups is 1. The van der Waals surface area contributed by atoms with Crippen molar-refractivity contribution in [2.24, 2.45) is 0 Å². The number of aromatic nitrogens is 3. The van der Waals surface area contributed by atoms with Crippen LogP contribution in [0.25, 0.3) is 22.6 Å². The minimum Gasteiger partial charge on any atom is -0.286 e. The van der Waals surface area contributed by atoms with Gasteiger partial charge in [-0.3, -0.25) is 14.5 Å². The Morgan fingerprint density at radius 2 is 1.89 bits per heavy atom. The first-order valence-electron chi connectivity index (χ1n) is 8.69. The van der Waals surface area contributed by atoms with Crippen LogP contribution in [-0.2, 0) is 10.5 Å². The molecule has 0 aliphatic carbocycles. The number of hydrogen-bond acceptors (Lipinski definition) is 4. The van der Waals surface area contributed by atoms with Crippen molar-refractivity contribution in [2.45, 2.75) is 25.4 Å². The average Bonchev–Trinajstić information content (AvgIpc) is 2.98. The molecule has 0 spiro atoms. The first-order valence-corrected chi connectivity index (χ1v) is 9.48. The molecule has 3 heterocycles. The molecule has 5 rings (SSSR count). The van der Waals surface area contributed by atoms with Crippen molar-refractivity contribution in [1.82, 2.24) is 14.8 Å². The van der Waals surface area contributed by atoms with Gasteiger partial charge in [0.2, 0.25) is 5.91 Å². The van der Waals surface area contributed by atoms with Crippen LogP contribution < -0.4 is 10.5 Å². The number of halogens is 1. The second-order valence-electron chi connectivity index (χ2n) is 6.97. The fraction of sp³-hybridized carbons (Fsp3) is 0.200. The molecule has 1 saturated heterocycles. The highest BCUT2D eigenvalue weighted by Gasteiger charge is 2.49. The molecular weight excluding hydrogens is 408 g/mol. The Morgan fingerprint density at radius 3 is 2.67 bits per heavy atom. The zero-order valence-corrected chi connectivity index (χ0v) is 16.1. The van der Waals surface area contributed by atoms with Crippen molar-refractivity contribution in [3.05, 3.63) is 63.4 Å². The fourth-order valence-electron chi connectivity index (χ4n) is 3.99. The van der Waals surface area contributed by atoms with Crippen molar-refractivity contribution < 1.29 is 4.79 Å². The largest absolute Gasteiger partial charge is 0.300 e. The summed E-state index contributed by atoms with van der Waals surface area (Å²) in [4.78, 5) is 31.6. The van der Waals surface area contributed by atoms with E-state index in [1.165, 1.54) is 0 Å². The van der Waals surface area contributed by atoms with E-state index in [1.807, 2.05) is 55.5 Å². The maximum atomic E-state index is 12.8. The van der Waals surface area contributed by atoms with Crippen LogP contribution in [0.4, 0.5) is 5.69 Å². The lowest BCUT2D eigenvalue weighted by Crippen LogP contribution is -2.51. The van der Waals surface area contributed by atoms with Gasteiger partial charge in [0.1, 0.15) is 5.66 Å². The smallest absolute Gasteiger partial charge is 0.286 e. The minimum absolute atomic E-state index is 0.0495. The molecule has 0 unspecified atom stereocenters. The average molecular weight is 423 g/mol. The summed E-state index contributed by atoms with van der Waals surface area (Å²) < 4.78 is 2.60. The highest BCUT2D eigenvalue weighted by molar-refractivity contribution is 9.10. The molecule has 1 aromatic heterocycles. The monoisotopic (exact) mass is 422 g/mol. The normalized spacial score (nSPS) is 20.2. The Hall–Kier alpha value is -2.80. The summed E-state index contributed by atoms with van der Waals surface area (Å²) >= 11 is 3.47. The van der Waals surface area contributed by atoms with Gasteiger partial charge in [0, 0.05) is 28.4 Å². The summed E-state index contributed by atoms with van der Waals surface area (Å²) in [7, 11) is 0. The zero-order valence-electron chi connectivity index (χ0n) is 14.5. The van der Waals surface area contributed by atoms with Crippen molar-refractivity contribution >= 4 is 27.5 Å². The van der Waals surface area contributed by atoms with Crippen LogP contribution in [0.5, 0.6) is 0 Å². The zero-order chi connectivity index (χ0) is 18.8. The van der Waals surface area contributed by atoms with E-state index in [4.69, 9.17) is 5.10 Å². The first kappa shape index (κ1) is 16.4. The molecule has 2 aliphatic rings. The number of fused-ring (bicyclic) bond motifs is 6. The first-order chi connectivity index (χ1) is 13.0. The Morgan fingerprint density at radius 1 is 1.11 bits per heavy atom. The van der Waals surface area contributed by atoms with Crippen LogP contribution in [0.2, 0.25) is 0 Å². The molecule has 0 radical (unpaired) electrons. The quantitative estimate of drug-likeness (QED) is 0.601. The van der Waals surface area contributed by atoms with E-state index >= 15 is 0 Å². The fourth-order valence-corrected chi connectivity index (χ4v) is 4.35. The number of rotatable bonds is 1. The van der Waals surface area contributed by atoms with Crippen molar-refractivity contribution in [3.63, 3.8) is 0 Å². The molecule has 0 N–H and O–H groups in total. The maximum Gasteiger partial charge on any atom is 0.300 e. The SMILES string of the molecule is C[C@]12CCC(=O)N1c1ccc(Br)cc1-c1nc(=O)c(-c3ccccc3)nn12. The van der Waals surface area contributed by atoms with Crippen LogP contribution in [-0.4, -0.2) is 20.7 Å². The highest BCUT2D eigenvalue weighted by atomic mass is 79.9. The summed E-state index contributed by atoms with van der Waals surface area (Å²) in [6.45, 7) is 1.97. The number of nitrogens with zero attached hydrogens (tertiary/aromatic N) is 4. The van der Waals surface area contributed by atoms with Crippen LogP contribution in [0.15, 0.2) is 57.8 Å². The molecular formula is C20H15BrN4O2. The third kappa shape index (κ3) is 2.24.